The molecule has 10 nitrogen and oxygen atoms in total. The van der Waals surface area contributed by atoms with Gasteiger partial charge in [0.2, 0.25) is 0 Å². The number of phenolic OH excluding ortho intramolecular Hbond substituents is 2. The van der Waals surface area contributed by atoms with Gasteiger partial charge in [-0.25, -0.2) is 0 Å². The van der Waals surface area contributed by atoms with E-state index in [2.05, 4.69) is 31.1 Å². The Morgan fingerprint density at radius 2 is 0.768 bits per heavy atom. The van der Waals surface area contributed by atoms with Crippen LogP contribution in [0, 0.1) is 0 Å². The second kappa shape index (κ2) is 15.6. The first-order chi connectivity index (χ1) is 27.4. The number of phenols is 2. The summed E-state index contributed by atoms with van der Waals surface area (Å²) in [6, 6.07) is 50.9. The van der Waals surface area contributed by atoms with E-state index < -0.39 is 11.8 Å². The number of aromatic hydroxyl groups is 2. The average molecular weight is 733 g/mol. The molecule has 2 amide bonds. The molecule has 0 saturated heterocycles. The van der Waals surface area contributed by atoms with Crippen LogP contribution < -0.4 is 10.6 Å². The number of hydrogen-bond acceptors (Lipinski definition) is 8. The van der Waals surface area contributed by atoms with Gasteiger partial charge in [-0.2, -0.15) is 10.2 Å². The van der Waals surface area contributed by atoms with Crippen molar-refractivity contribution >= 4 is 67.5 Å². The first-order valence-electron chi connectivity index (χ1n) is 17.7. The first kappa shape index (κ1) is 35.1. The summed E-state index contributed by atoms with van der Waals surface area (Å²) in [6.45, 7) is 0. The van der Waals surface area contributed by atoms with Crippen molar-refractivity contribution < 1.29 is 19.8 Å². The number of para-hydroxylation sites is 2. The topological polar surface area (TPSA) is 148 Å². The third-order valence-electron chi connectivity index (χ3n) is 9.14. The van der Waals surface area contributed by atoms with E-state index in [1.54, 1.807) is 36.4 Å². The molecule has 8 aromatic rings. The molecule has 0 bridgehead atoms. The molecule has 0 aromatic heterocycles. The molecular formula is C46H32N6O4. The predicted octanol–water partition coefficient (Wildman–Crippen LogP) is 12.4. The number of benzene rings is 8. The highest BCUT2D eigenvalue weighted by Gasteiger charge is 2.20. The van der Waals surface area contributed by atoms with Crippen molar-refractivity contribution in [1.29, 1.82) is 0 Å². The maximum absolute atomic E-state index is 13.2. The largest absolute Gasteiger partial charge is 0.505 e. The molecule has 10 heteroatoms. The fourth-order valence-corrected chi connectivity index (χ4v) is 6.28. The van der Waals surface area contributed by atoms with Crippen molar-refractivity contribution in [2.75, 3.05) is 10.6 Å². The smallest absolute Gasteiger partial charge is 0.259 e. The van der Waals surface area contributed by atoms with Crippen molar-refractivity contribution in [3.8, 4) is 22.6 Å². The van der Waals surface area contributed by atoms with Gasteiger partial charge in [0.05, 0.1) is 22.5 Å². The summed E-state index contributed by atoms with van der Waals surface area (Å²) >= 11 is 0. The molecule has 0 heterocycles. The van der Waals surface area contributed by atoms with Crippen LogP contribution in [0.4, 0.5) is 34.1 Å². The maximum Gasteiger partial charge on any atom is 0.259 e. The zero-order valence-electron chi connectivity index (χ0n) is 29.7. The number of carbonyl (C=O) groups excluding carboxylic acids is 2. The SMILES string of the molecule is O=C(Nc1ccccc1)c1cc2ccccc2c(N=Nc2ccc(-c3ccc(N=Nc4c(O)c(C(=O)Nc5ccccc5)cc5ccccc45)cc3)cc2)c1O. The van der Waals surface area contributed by atoms with Crippen molar-refractivity contribution in [1.82, 2.24) is 0 Å². The molecule has 0 saturated carbocycles. The number of anilines is 2. The van der Waals surface area contributed by atoms with Crippen molar-refractivity contribution in [2.24, 2.45) is 20.5 Å². The zero-order valence-corrected chi connectivity index (χ0v) is 29.7. The minimum Gasteiger partial charge on any atom is -0.505 e. The lowest BCUT2D eigenvalue weighted by molar-refractivity contribution is 0.101. The Hall–Kier alpha value is -7.98. The highest BCUT2D eigenvalue weighted by atomic mass is 16.3. The molecular weight excluding hydrogens is 701 g/mol. The van der Waals surface area contributed by atoms with Gasteiger partial charge >= 0.3 is 0 Å². The van der Waals surface area contributed by atoms with Crippen LogP contribution in [0.5, 0.6) is 11.5 Å². The van der Waals surface area contributed by atoms with E-state index in [1.165, 1.54) is 0 Å². The summed E-state index contributed by atoms with van der Waals surface area (Å²) in [7, 11) is 0. The number of amides is 2. The van der Waals surface area contributed by atoms with Crippen LogP contribution in [0.2, 0.25) is 0 Å². The van der Waals surface area contributed by atoms with E-state index in [-0.39, 0.29) is 34.0 Å². The van der Waals surface area contributed by atoms with E-state index >= 15 is 0 Å². The normalized spacial score (nSPS) is 11.4. The molecule has 0 fully saturated rings. The van der Waals surface area contributed by atoms with E-state index in [0.717, 1.165) is 21.9 Å². The second-order valence-electron chi connectivity index (χ2n) is 12.8. The minimum atomic E-state index is -0.461. The molecule has 0 radical (unpaired) electrons. The van der Waals surface area contributed by atoms with Crippen LogP contribution in [-0.4, -0.2) is 22.0 Å². The van der Waals surface area contributed by atoms with Gasteiger partial charge < -0.3 is 20.8 Å². The summed E-state index contributed by atoms with van der Waals surface area (Å²) in [5.74, 6) is -1.45. The number of hydrogen-bond donors (Lipinski definition) is 4. The minimum absolute atomic E-state index is 0.0877. The summed E-state index contributed by atoms with van der Waals surface area (Å²) in [5.41, 5.74) is 4.71. The number of fused-ring (bicyclic) bond motifs is 2. The quantitative estimate of drug-likeness (QED) is 0.109. The molecule has 4 N–H and O–H groups in total. The van der Waals surface area contributed by atoms with Gasteiger partial charge in [0, 0.05) is 22.1 Å². The molecule has 8 aromatic carbocycles. The van der Waals surface area contributed by atoms with Gasteiger partial charge in [-0.15, -0.1) is 10.2 Å². The van der Waals surface area contributed by atoms with Crippen molar-refractivity contribution in [3.63, 3.8) is 0 Å². The van der Waals surface area contributed by atoms with Crippen LogP contribution in [0.25, 0.3) is 32.7 Å². The number of nitrogens with zero attached hydrogens (tertiary/aromatic N) is 4. The van der Waals surface area contributed by atoms with Crippen molar-refractivity contribution in [2.45, 2.75) is 0 Å². The van der Waals surface area contributed by atoms with Gasteiger partial charge in [-0.05, 0) is 82.6 Å². The molecule has 0 aliphatic rings. The predicted molar refractivity (Wildman–Crippen MR) is 220 cm³/mol. The van der Waals surface area contributed by atoms with E-state index in [4.69, 9.17) is 0 Å². The molecule has 0 aliphatic carbocycles. The zero-order chi connectivity index (χ0) is 38.4. The highest BCUT2D eigenvalue weighted by molar-refractivity contribution is 6.12. The third kappa shape index (κ3) is 7.43. The lowest BCUT2D eigenvalue weighted by Crippen LogP contribution is -2.12. The van der Waals surface area contributed by atoms with Crippen molar-refractivity contribution in [3.05, 3.63) is 181 Å². The summed E-state index contributed by atoms with van der Waals surface area (Å²) in [5, 5.41) is 48.5. The Bertz CT molecular complexity index is 2590. The Morgan fingerprint density at radius 1 is 0.411 bits per heavy atom. The summed E-state index contributed by atoms with van der Waals surface area (Å²) < 4.78 is 0. The Labute approximate surface area is 321 Å². The Balaban J connectivity index is 1.01. The fraction of sp³-hybridized carbons (Fsp3) is 0. The maximum atomic E-state index is 13.2. The molecule has 0 spiro atoms. The van der Waals surface area contributed by atoms with Gasteiger partial charge in [0.1, 0.15) is 11.4 Å². The van der Waals surface area contributed by atoms with Gasteiger partial charge in [0.25, 0.3) is 11.8 Å². The van der Waals surface area contributed by atoms with Crippen LogP contribution in [-0.2, 0) is 0 Å². The van der Waals surface area contributed by atoms with Gasteiger partial charge in [-0.3, -0.25) is 9.59 Å². The molecule has 0 aliphatic heterocycles. The molecule has 0 atom stereocenters. The summed E-state index contributed by atoms with van der Waals surface area (Å²) in [6.07, 6.45) is 0. The van der Waals surface area contributed by atoms with Crippen LogP contribution in [0.3, 0.4) is 0 Å². The number of azo groups is 2. The fourth-order valence-electron chi connectivity index (χ4n) is 6.28. The lowest BCUT2D eigenvalue weighted by atomic mass is 10.0. The average Bonchev–Trinajstić information content (AvgIpc) is 3.23. The van der Waals surface area contributed by atoms with Gasteiger partial charge in [-0.1, -0.05) is 109 Å². The van der Waals surface area contributed by atoms with Crippen LogP contribution in [0.1, 0.15) is 20.7 Å². The van der Waals surface area contributed by atoms with Crippen LogP contribution >= 0.6 is 0 Å². The van der Waals surface area contributed by atoms with E-state index in [0.29, 0.717) is 33.5 Å². The Kier molecular flexibility index (Phi) is 9.74. The van der Waals surface area contributed by atoms with E-state index in [1.807, 2.05) is 133 Å². The first-order valence-corrected chi connectivity index (χ1v) is 17.7. The van der Waals surface area contributed by atoms with E-state index in [9.17, 15) is 19.8 Å². The lowest BCUT2D eigenvalue weighted by Gasteiger charge is -2.11. The summed E-state index contributed by atoms with van der Waals surface area (Å²) in [4.78, 5) is 26.3. The Morgan fingerprint density at radius 3 is 1.16 bits per heavy atom. The number of carbonyl (C=O) groups is 2. The second-order valence-corrected chi connectivity index (χ2v) is 12.8. The molecule has 0 unspecified atom stereocenters. The molecule has 270 valence electrons. The highest BCUT2D eigenvalue weighted by Crippen LogP contribution is 2.41. The molecule has 56 heavy (non-hydrogen) atoms. The third-order valence-corrected chi connectivity index (χ3v) is 9.14. The van der Waals surface area contributed by atoms with Gasteiger partial charge in [0.15, 0.2) is 11.5 Å². The molecule has 8 rings (SSSR count). The number of rotatable bonds is 9. The standard InChI is InChI=1S/C46H32N6O4/c53-43-39(45(55)47-33-13-3-1-4-14-33)27-31-11-7-9-17-37(31)41(43)51-49-35-23-19-29(20-24-35)30-21-25-36(26-22-30)50-52-42-38-18-10-8-12-32(38)28-40(44(42)54)46(56)48-34-15-5-2-6-16-34/h1-28,53-54H,(H,47,55)(H,48,56). The monoisotopic (exact) mass is 732 g/mol. The number of nitrogens with one attached hydrogen (secondary N) is 2. The van der Waals surface area contributed by atoms with Crippen LogP contribution in [0.15, 0.2) is 190 Å².